The van der Waals surface area contributed by atoms with Crippen LogP contribution in [0.3, 0.4) is 0 Å². The van der Waals surface area contributed by atoms with Crippen LogP contribution in [0, 0.1) is 13.8 Å². The Morgan fingerprint density at radius 2 is 1.84 bits per heavy atom. The molecule has 0 aliphatic carbocycles. The Labute approximate surface area is 191 Å². The lowest BCUT2D eigenvalue weighted by Gasteiger charge is -2.28. The van der Waals surface area contributed by atoms with E-state index in [0.717, 1.165) is 36.6 Å². The monoisotopic (exact) mass is 432 g/mol. The van der Waals surface area contributed by atoms with Crippen LogP contribution in [0.4, 0.5) is 0 Å². The second-order valence-corrected chi connectivity index (χ2v) is 8.74. The Bertz CT molecular complexity index is 1040. The highest BCUT2D eigenvalue weighted by Crippen LogP contribution is 2.41. The highest BCUT2D eigenvalue weighted by atomic mass is 32.1. The van der Waals surface area contributed by atoms with E-state index in [1.165, 1.54) is 28.2 Å². The van der Waals surface area contributed by atoms with Crippen LogP contribution in [0.15, 0.2) is 54.7 Å². The van der Waals surface area contributed by atoms with E-state index >= 15 is 0 Å². The number of pyridine rings is 1. The second kappa shape index (κ2) is 9.23. The van der Waals surface area contributed by atoms with Crippen LogP contribution in [0.5, 0.6) is 0 Å². The third-order valence-corrected chi connectivity index (χ3v) is 6.69. The molecule has 4 rings (SSSR count). The van der Waals surface area contributed by atoms with E-state index < -0.39 is 0 Å². The predicted molar refractivity (Wildman–Crippen MR) is 132 cm³/mol. The van der Waals surface area contributed by atoms with Crippen molar-refractivity contribution >= 4 is 17.3 Å². The Morgan fingerprint density at radius 1 is 1.06 bits per heavy atom. The maximum atomic E-state index is 5.79. The number of thiocarbonyl (C=S) groups is 1. The Kier molecular flexibility index (Phi) is 6.42. The number of aromatic nitrogens is 2. The van der Waals surface area contributed by atoms with Crippen molar-refractivity contribution in [1.82, 2.24) is 19.8 Å². The largest absolute Gasteiger partial charge is 0.352 e. The third kappa shape index (κ3) is 4.11. The van der Waals surface area contributed by atoms with Crippen LogP contribution < -0.4 is 5.32 Å². The van der Waals surface area contributed by atoms with E-state index in [1.807, 2.05) is 12.3 Å². The van der Waals surface area contributed by atoms with E-state index in [2.05, 4.69) is 89.9 Å². The molecule has 4 nitrogen and oxygen atoms in total. The Morgan fingerprint density at radius 3 is 2.48 bits per heavy atom. The first-order valence-electron chi connectivity index (χ1n) is 11.3. The molecule has 1 aliphatic rings. The van der Waals surface area contributed by atoms with E-state index in [-0.39, 0.29) is 12.1 Å². The first-order chi connectivity index (χ1) is 15.0. The van der Waals surface area contributed by atoms with Crippen LogP contribution in [-0.4, -0.2) is 26.1 Å². The summed E-state index contributed by atoms with van der Waals surface area (Å²) in [5.74, 6) is 0. The van der Waals surface area contributed by atoms with Crippen LogP contribution in [0.25, 0.3) is 5.69 Å². The van der Waals surface area contributed by atoms with Crippen molar-refractivity contribution in [2.45, 2.75) is 59.0 Å². The van der Waals surface area contributed by atoms with E-state index in [0.29, 0.717) is 0 Å². The molecule has 31 heavy (non-hydrogen) atoms. The minimum atomic E-state index is 0.0435. The van der Waals surface area contributed by atoms with Gasteiger partial charge in [-0.05, 0) is 80.4 Å². The van der Waals surface area contributed by atoms with Gasteiger partial charge in [0.25, 0.3) is 0 Å². The van der Waals surface area contributed by atoms with E-state index in [9.17, 15) is 0 Å². The van der Waals surface area contributed by atoms with Gasteiger partial charge in [-0.2, -0.15) is 0 Å². The van der Waals surface area contributed by atoms with Gasteiger partial charge in [-0.1, -0.05) is 38.5 Å². The van der Waals surface area contributed by atoms with E-state index in [4.69, 9.17) is 12.2 Å². The summed E-state index contributed by atoms with van der Waals surface area (Å²) in [5, 5.41) is 4.40. The lowest BCUT2D eigenvalue weighted by molar-refractivity contribution is 0.312. The van der Waals surface area contributed by atoms with Crippen LogP contribution in [0.1, 0.15) is 67.0 Å². The average molecular weight is 433 g/mol. The summed E-state index contributed by atoms with van der Waals surface area (Å²) in [6.45, 7) is 9.79. The first kappa shape index (κ1) is 21.6. The van der Waals surface area contributed by atoms with Gasteiger partial charge in [0.2, 0.25) is 0 Å². The number of hydrogen-bond acceptors (Lipinski definition) is 2. The number of nitrogens with one attached hydrogen (secondary N) is 1. The van der Waals surface area contributed by atoms with Gasteiger partial charge in [-0.15, -0.1) is 0 Å². The molecule has 0 amide bonds. The summed E-state index contributed by atoms with van der Waals surface area (Å²) in [4.78, 5) is 7.03. The molecule has 0 bridgehead atoms. The third-order valence-electron chi connectivity index (χ3n) is 6.34. The van der Waals surface area contributed by atoms with Gasteiger partial charge in [-0.3, -0.25) is 4.98 Å². The SMILES string of the molecule is CCCCN1C(=S)N[C@@H](c2ccccn2)[C@@H]1c1cc(C)n(-c2ccc(CC)cc2)c1C. The molecule has 1 N–H and O–H groups in total. The van der Waals surface area contributed by atoms with Crippen molar-refractivity contribution in [3.63, 3.8) is 0 Å². The maximum absolute atomic E-state index is 5.79. The van der Waals surface area contributed by atoms with Crippen molar-refractivity contribution < 1.29 is 0 Å². The van der Waals surface area contributed by atoms with Gasteiger partial charge in [0, 0.05) is 29.8 Å². The molecular weight excluding hydrogens is 400 g/mol. The number of aryl methyl sites for hydroxylation is 2. The number of nitrogens with zero attached hydrogens (tertiary/aromatic N) is 3. The molecule has 3 heterocycles. The lowest BCUT2D eigenvalue weighted by Crippen LogP contribution is -2.30. The summed E-state index contributed by atoms with van der Waals surface area (Å²) in [7, 11) is 0. The average Bonchev–Trinajstić information content (AvgIpc) is 3.27. The minimum Gasteiger partial charge on any atom is -0.352 e. The Balaban J connectivity index is 1.79. The summed E-state index contributed by atoms with van der Waals surface area (Å²) >= 11 is 5.79. The first-order valence-corrected chi connectivity index (χ1v) is 11.7. The standard InChI is InChI=1S/C26H32N4S/c1-5-7-16-29-25(24(28-26(29)31)23-10-8-9-15-27-23)22-17-18(3)30(19(22)4)21-13-11-20(6-2)12-14-21/h8-15,17,24-25H,5-7,16H2,1-4H3,(H,28,31)/t24-,25-/m0/s1. The molecular formula is C26H32N4S. The van der Waals surface area contributed by atoms with Crippen LogP contribution in [0.2, 0.25) is 0 Å². The fraction of sp³-hybridized carbons (Fsp3) is 0.385. The maximum Gasteiger partial charge on any atom is 0.170 e. The van der Waals surface area contributed by atoms with Gasteiger partial charge in [0.15, 0.2) is 5.11 Å². The molecule has 1 aromatic carbocycles. The van der Waals surface area contributed by atoms with Crippen molar-refractivity contribution in [3.05, 3.63) is 82.9 Å². The van der Waals surface area contributed by atoms with Crippen molar-refractivity contribution in [1.29, 1.82) is 0 Å². The molecule has 1 saturated heterocycles. The molecule has 5 heteroatoms. The molecule has 162 valence electrons. The molecule has 2 aromatic heterocycles. The van der Waals surface area contributed by atoms with Crippen molar-refractivity contribution in [2.24, 2.45) is 0 Å². The van der Waals surface area contributed by atoms with Gasteiger partial charge < -0.3 is 14.8 Å². The predicted octanol–water partition coefficient (Wildman–Crippen LogP) is 5.82. The fourth-order valence-corrected chi connectivity index (χ4v) is 5.01. The zero-order chi connectivity index (χ0) is 22.0. The van der Waals surface area contributed by atoms with Crippen molar-refractivity contribution in [3.8, 4) is 5.69 Å². The molecule has 0 radical (unpaired) electrons. The zero-order valence-corrected chi connectivity index (χ0v) is 19.7. The second-order valence-electron chi connectivity index (χ2n) is 8.36. The normalized spacial score (nSPS) is 18.5. The van der Waals surface area contributed by atoms with Gasteiger partial charge in [-0.25, -0.2) is 0 Å². The number of rotatable bonds is 7. The summed E-state index contributed by atoms with van der Waals surface area (Å²) in [6.07, 6.45) is 5.18. The smallest absolute Gasteiger partial charge is 0.170 e. The quantitative estimate of drug-likeness (QED) is 0.477. The molecule has 0 unspecified atom stereocenters. The topological polar surface area (TPSA) is 33.1 Å². The molecule has 0 spiro atoms. The summed E-state index contributed by atoms with van der Waals surface area (Å²) < 4.78 is 2.36. The van der Waals surface area contributed by atoms with Gasteiger partial charge >= 0.3 is 0 Å². The lowest BCUT2D eigenvalue weighted by atomic mass is 9.96. The zero-order valence-electron chi connectivity index (χ0n) is 18.9. The highest BCUT2D eigenvalue weighted by molar-refractivity contribution is 7.80. The van der Waals surface area contributed by atoms with Crippen molar-refractivity contribution in [2.75, 3.05) is 6.54 Å². The molecule has 1 fully saturated rings. The number of benzene rings is 1. The summed E-state index contributed by atoms with van der Waals surface area (Å²) in [6, 6.07) is 17.5. The molecule has 1 aliphatic heterocycles. The molecule has 0 saturated carbocycles. The Hall–Kier alpha value is -2.66. The number of unbranched alkanes of at least 4 members (excludes halogenated alkanes) is 1. The number of hydrogen-bond donors (Lipinski definition) is 1. The van der Waals surface area contributed by atoms with E-state index in [1.54, 1.807) is 0 Å². The minimum absolute atomic E-state index is 0.0435. The highest BCUT2D eigenvalue weighted by Gasteiger charge is 2.41. The van der Waals surface area contributed by atoms with Gasteiger partial charge in [0.05, 0.1) is 17.8 Å². The summed E-state index contributed by atoms with van der Waals surface area (Å²) in [5.41, 5.74) is 7.42. The molecule has 3 aromatic rings. The van der Waals surface area contributed by atoms with Gasteiger partial charge in [0.1, 0.15) is 0 Å². The molecule has 2 atom stereocenters. The van der Waals surface area contributed by atoms with Crippen LogP contribution in [-0.2, 0) is 6.42 Å². The fourth-order valence-electron chi connectivity index (χ4n) is 4.68. The van der Waals surface area contributed by atoms with Crippen LogP contribution >= 0.6 is 12.2 Å².